The van der Waals surface area contributed by atoms with Crippen LogP contribution in [0.2, 0.25) is 0 Å². The summed E-state index contributed by atoms with van der Waals surface area (Å²) in [6, 6.07) is 6.20. The van der Waals surface area contributed by atoms with Crippen LogP contribution >= 0.6 is 15.9 Å². The van der Waals surface area contributed by atoms with Crippen molar-refractivity contribution in [1.82, 2.24) is 15.3 Å². The van der Waals surface area contributed by atoms with E-state index in [2.05, 4.69) is 57.2 Å². The van der Waals surface area contributed by atoms with Crippen LogP contribution in [0.1, 0.15) is 29.8 Å². The van der Waals surface area contributed by atoms with Crippen LogP contribution in [0.15, 0.2) is 35.1 Å². The van der Waals surface area contributed by atoms with Gasteiger partial charge in [-0.15, -0.1) is 0 Å². The molecule has 1 atom stereocenters. The molecule has 2 aromatic rings. The van der Waals surface area contributed by atoms with Gasteiger partial charge in [0.2, 0.25) is 5.88 Å². The van der Waals surface area contributed by atoms with Crippen LogP contribution in [-0.2, 0) is 0 Å². The Bertz CT molecular complexity index is 589. The van der Waals surface area contributed by atoms with Gasteiger partial charge in [0, 0.05) is 16.9 Å². The molecule has 2 rings (SSSR count). The highest BCUT2D eigenvalue weighted by atomic mass is 79.9. The molecule has 20 heavy (non-hydrogen) atoms. The summed E-state index contributed by atoms with van der Waals surface area (Å²) in [5.74, 6) is 0.556. The second-order valence-corrected chi connectivity index (χ2v) is 5.36. The van der Waals surface area contributed by atoms with Crippen LogP contribution < -0.4 is 10.1 Å². The molecule has 1 aromatic carbocycles. The molecule has 0 aliphatic heterocycles. The largest absolute Gasteiger partial charge is 0.480 e. The summed E-state index contributed by atoms with van der Waals surface area (Å²) < 4.78 is 6.40. The summed E-state index contributed by atoms with van der Waals surface area (Å²) in [6.07, 6.45) is 3.33. The lowest BCUT2D eigenvalue weighted by Gasteiger charge is -2.21. The molecule has 0 radical (unpaired) electrons. The van der Waals surface area contributed by atoms with Crippen molar-refractivity contribution in [1.29, 1.82) is 0 Å². The average molecular weight is 336 g/mol. The van der Waals surface area contributed by atoms with Crippen LogP contribution in [0, 0.1) is 6.92 Å². The van der Waals surface area contributed by atoms with E-state index < -0.39 is 0 Å². The smallest absolute Gasteiger partial charge is 0.237 e. The minimum absolute atomic E-state index is 0.0308. The van der Waals surface area contributed by atoms with Crippen molar-refractivity contribution < 1.29 is 4.74 Å². The topological polar surface area (TPSA) is 47.0 Å². The number of hydrogen-bond acceptors (Lipinski definition) is 4. The Morgan fingerprint density at radius 1 is 1.30 bits per heavy atom. The van der Waals surface area contributed by atoms with Crippen LogP contribution in [0.4, 0.5) is 0 Å². The first-order chi connectivity index (χ1) is 9.67. The normalized spacial score (nSPS) is 12.2. The summed E-state index contributed by atoms with van der Waals surface area (Å²) in [5, 5.41) is 3.45. The zero-order chi connectivity index (χ0) is 14.5. The van der Waals surface area contributed by atoms with E-state index in [-0.39, 0.29) is 6.04 Å². The van der Waals surface area contributed by atoms with Gasteiger partial charge in [-0.3, -0.25) is 4.98 Å². The van der Waals surface area contributed by atoms with E-state index in [1.54, 1.807) is 19.5 Å². The molecule has 1 unspecified atom stereocenters. The summed E-state index contributed by atoms with van der Waals surface area (Å²) in [6.45, 7) is 5.00. The van der Waals surface area contributed by atoms with Gasteiger partial charge in [0.05, 0.1) is 13.2 Å². The molecule has 106 valence electrons. The van der Waals surface area contributed by atoms with Crippen molar-refractivity contribution in [2.75, 3.05) is 13.7 Å². The van der Waals surface area contributed by atoms with Gasteiger partial charge in [-0.05, 0) is 36.7 Å². The third kappa shape index (κ3) is 3.16. The lowest BCUT2D eigenvalue weighted by molar-refractivity contribution is 0.383. The quantitative estimate of drug-likeness (QED) is 0.910. The predicted molar refractivity (Wildman–Crippen MR) is 83.0 cm³/mol. The maximum Gasteiger partial charge on any atom is 0.237 e. The molecule has 1 N–H and O–H groups in total. The van der Waals surface area contributed by atoms with E-state index in [9.17, 15) is 0 Å². The molecule has 0 aliphatic rings. The fourth-order valence-corrected chi connectivity index (χ4v) is 2.69. The number of hydrogen-bond donors (Lipinski definition) is 1. The molecule has 0 aliphatic carbocycles. The van der Waals surface area contributed by atoms with Crippen molar-refractivity contribution in [2.45, 2.75) is 19.9 Å². The standard InChI is InChI=1S/C15H18BrN3O/c1-4-17-13(12-6-5-11(16)9-10(12)2)14-15(20-3)19-8-7-18-14/h5-9,13,17H,4H2,1-3H3. The van der Waals surface area contributed by atoms with Gasteiger partial charge in [-0.25, -0.2) is 4.98 Å². The molecule has 5 heteroatoms. The van der Waals surface area contributed by atoms with Gasteiger partial charge in [0.25, 0.3) is 0 Å². The highest BCUT2D eigenvalue weighted by molar-refractivity contribution is 9.10. The summed E-state index contributed by atoms with van der Waals surface area (Å²) in [4.78, 5) is 8.69. The second-order valence-electron chi connectivity index (χ2n) is 4.44. The highest BCUT2D eigenvalue weighted by Gasteiger charge is 2.21. The van der Waals surface area contributed by atoms with Gasteiger partial charge in [-0.2, -0.15) is 0 Å². The Hall–Kier alpha value is -1.46. The number of nitrogens with one attached hydrogen (secondary N) is 1. The number of aryl methyl sites for hydroxylation is 1. The van der Waals surface area contributed by atoms with Crippen LogP contribution in [0.3, 0.4) is 0 Å². The monoisotopic (exact) mass is 335 g/mol. The zero-order valence-electron chi connectivity index (χ0n) is 11.9. The molecule has 0 fully saturated rings. The molecule has 1 aromatic heterocycles. The van der Waals surface area contributed by atoms with Gasteiger partial charge >= 0.3 is 0 Å². The Labute approximate surface area is 127 Å². The Kier molecular flexibility index (Phi) is 5.09. The number of rotatable bonds is 5. The number of methoxy groups -OCH3 is 1. The molecule has 0 spiro atoms. The molecule has 4 nitrogen and oxygen atoms in total. The van der Waals surface area contributed by atoms with Crippen LogP contribution in [0.5, 0.6) is 5.88 Å². The first-order valence-electron chi connectivity index (χ1n) is 6.51. The van der Waals surface area contributed by atoms with E-state index >= 15 is 0 Å². The minimum atomic E-state index is -0.0308. The third-order valence-electron chi connectivity index (χ3n) is 3.11. The zero-order valence-corrected chi connectivity index (χ0v) is 13.4. The second kappa shape index (κ2) is 6.81. The van der Waals surface area contributed by atoms with Gasteiger partial charge < -0.3 is 10.1 Å². The van der Waals surface area contributed by atoms with E-state index in [4.69, 9.17) is 4.74 Å². The molecule has 0 saturated carbocycles. The lowest BCUT2D eigenvalue weighted by Crippen LogP contribution is -2.24. The van der Waals surface area contributed by atoms with E-state index in [0.717, 1.165) is 16.7 Å². The van der Waals surface area contributed by atoms with E-state index in [1.165, 1.54) is 11.1 Å². The third-order valence-corrected chi connectivity index (χ3v) is 3.60. The van der Waals surface area contributed by atoms with Crippen molar-refractivity contribution in [3.63, 3.8) is 0 Å². The Morgan fingerprint density at radius 3 is 2.70 bits per heavy atom. The molecule has 1 heterocycles. The van der Waals surface area contributed by atoms with Gasteiger partial charge in [0.1, 0.15) is 5.69 Å². The summed E-state index contributed by atoms with van der Waals surface area (Å²) in [5.41, 5.74) is 3.18. The molecule has 0 amide bonds. The SMILES string of the molecule is CCNC(c1ccc(Br)cc1C)c1nccnc1OC. The lowest BCUT2D eigenvalue weighted by atomic mass is 9.98. The number of aromatic nitrogens is 2. The molecular formula is C15H18BrN3O. The summed E-state index contributed by atoms with van der Waals surface area (Å²) in [7, 11) is 1.62. The first kappa shape index (κ1) is 14.9. The fourth-order valence-electron chi connectivity index (χ4n) is 2.21. The van der Waals surface area contributed by atoms with E-state index in [1.807, 2.05) is 6.07 Å². The van der Waals surface area contributed by atoms with Crippen molar-refractivity contribution >= 4 is 15.9 Å². The van der Waals surface area contributed by atoms with Crippen molar-refractivity contribution in [3.05, 3.63) is 51.9 Å². The van der Waals surface area contributed by atoms with E-state index in [0.29, 0.717) is 5.88 Å². The summed E-state index contributed by atoms with van der Waals surface area (Å²) >= 11 is 3.50. The van der Waals surface area contributed by atoms with Crippen LogP contribution in [0.25, 0.3) is 0 Å². The highest BCUT2D eigenvalue weighted by Crippen LogP contribution is 2.29. The first-order valence-corrected chi connectivity index (χ1v) is 7.31. The van der Waals surface area contributed by atoms with Crippen LogP contribution in [-0.4, -0.2) is 23.6 Å². The van der Waals surface area contributed by atoms with Gasteiger partial charge in [-0.1, -0.05) is 28.9 Å². The molecule has 0 saturated heterocycles. The number of nitrogens with zero attached hydrogens (tertiary/aromatic N) is 2. The van der Waals surface area contributed by atoms with Gasteiger partial charge in [0.15, 0.2) is 0 Å². The Balaban J connectivity index is 2.50. The van der Waals surface area contributed by atoms with Crippen molar-refractivity contribution in [2.24, 2.45) is 0 Å². The number of ether oxygens (including phenoxy) is 1. The molecular weight excluding hydrogens is 318 g/mol. The average Bonchev–Trinajstić information content (AvgIpc) is 2.45. The number of halogens is 1. The minimum Gasteiger partial charge on any atom is -0.480 e. The fraction of sp³-hybridized carbons (Fsp3) is 0.333. The van der Waals surface area contributed by atoms with Crippen molar-refractivity contribution in [3.8, 4) is 5.88 Å². The predicted octanol–water partition coefficient (Wildman–Crippen LogP) is 3.26. The number of benzene rings is 1. The maximum absolute atomic E-state index is 5.33. The molecule has 0 bridgehead atoms. The maximum atomic E-state index is 5.33. The Morgan fingerprint density at radius 2 is 2.05 bits per heavy atom.